The van der Waals surface area contributed by atoms with Crippen molar-refractivity contribution in [1.82, 2.24) is 19.2 Å². The number of ether oxygens (including phenoxy) is 1. The highest BCUT2D eigenvalue weighted by molar-refractivity contribution is 5.68. The van der Waals surface area contributed by atoms with Gasteiger partial charge in [0, 0.05) is 50.8 Å². The van der Waals surface area contributed by atoms with Crippen LogP contribution < -0.4 is 0 Å². The first kappa shape index (κ1) is 16.8. The molecule has 1 saturated heterocycles. The van der Waals surface area contributed by atoms with Gasteiger partial charge in [0.15, 0.2) is 0 Å². The van der Waals surface area contributed by atoms with Crippen LogP contribution in [0.3, 0.4) is 0 Å². The fourth-order valence-corrected chi connectivity index (χ4v) is 3.01. The van der Waals surface area contributed by atoms with E-state index in [9.17, 15) is 4.79 Å². The van der Waals surface area contributed by atoms with Crippen LogP contribution in [0.1, 0.15) is 39.3 Å². The van der Waals surface area contributed by atoms with E-state index >= 15 is 0 Å². The Morgan fingerprint density at radius 3 is 2.58 bits per heavy atom. The summed E-state index contributed by atoms with van der Waals surface area (Å²) < 4.78 is 7.46. The van der Waals surface area contributed by atoms with Crippen molar-refractivity contribution in [2.45, 2.75) is 39.3 Å². The molecule has 0 N–H and O–H groups in total. The lowest BCUT2D eigenvalue weighted by molar-refractivity contribution is 0.0110. The van der Waals surface area contributed by atoms with Crippen LogP contribution in [0.25, 0.3) is 5.65 Å². The van der Waals surface area contributed by atoms with Crippen LogP contribution in [-0.2, 0) is 4.74 Å². The Bertz CT molecular complexity index is 711. The second-order valence-corrected chi connectivity index (χ2v) is 7.33. The zero-order valence-corrected chi connectivity index (χ0v) is 14.9. The molecule has 1 aliphatic heterocycles. The number of rotatable bonds is 2. The van der Waals surface area contributed by atoms with Gasteiger partial charge in [0.2, 0.25) is 0 Å². The molecule has 2 aromatic rings. The van der Waals surface area contributed by atoms with Gasteiger partial charge in [-0.1, -0.05) is 0 Å². The molecule has 0 spiro atoms. The topological polar surface area (TPSA) is 50.1 Å². The average Bonchev–Trinajstić information content (AvgIpc) is 3.00. The van der Waals surface area contributed by atoms with Gasteiger partial charge in [0.1, 0.15) is 11.2 Å². The van der Waals surface area contributed by atoms with E-state index in [1.54, 1.807) is 4.90 Å². The number of carbonyl (C=O) groups is 1. The van der Waals surface area contributed by atoms with Crippen LogP contribution in [0.15, 0.2) is 30.7 Å². The highest BCUT2D eigenvalue weighted by atomic mass is 16.6. The first-order valence-electron chi connectivity index (χ1n) is 8.48. The van der Waals surface area contributed by atoms with Crippen LogP contribution in [0.2, 0.25) is 0 Å². The summed E-state index contributed by atoms with van der Waals surface area (Å²) >= 11 is 0. The molecule has 0 bridgehead atoms. The van der Waals surface area contributed by atoms with E-state index in [-0.39, 0.29) is 6.09 Å². The second-order valence-electron chi connectivity index (χ2n) is 7.33. The third-order valence-corrected chi connectivity index (χ3v) is 4.42. The number of carbonyl (C=O) groups excluding carboxylic acids is 1. The zero-order valence-electron chi connectivity index (χ0n) is 14.9. The lowest BCUT2D eigenvalue weighted by atomic mass is 10.1. The van der Waals surface area contributed by atoms with Crippen molar-refractivity contribution in [1.29, 1.82) is 0 Å². The van der Waals surface area contributed by atoms with Gasteiger partial charge in [-0.3, -0.25) is 4.90 Å². The summed E-state index contributed by atoms with van der Waals surface area (Å²) in [4.78, 5) is 20.7. The molecule has 1 amide bonds. The largest absolute Gasteiger partial charge is 0.444 e. The molecule has 0 aliphatic carbocycles. The van der Waals surface area contributed by atoms with Crippen molar-refractivity contribution in [2.24, 2.45) is 0 Å². The number of amides is 1. The predicted octanol–water partition coefficient (Wildman–Crippen LogP) is 2.95. The maximum atomic E-state index is 12.2. The lowest BCUT2D eigenvalue weighted by Crippen LogP contribution is -2.50. The Morgan fingerprint density at radius 1 is 1.21 bits per heavy atom. The van der Waals surface area contributed by atoms with E-state index in [4.69, 9.17) is 4.74 Å². The van der Waals surface area contributed by atoms with Gasteiger partial charge in [-0.2, -0.15) is 0 Å². The van der Waals surface area contributed by atoms with Gasteiger partial charge in [-0.15, -0.1) is 0 Å². The zero-order chi connectivity index (χ0) is 17.3. The third-order valence-electron chi connectivity index (χ3n) is 4.42. The summed E-state index contributed by atoms with van der Waals surface area (Å²) in [6.07, 6.45) is 5.59. The minimum Gasteiger partial charge on any atom is -0.444 e. The average molecular weight is 330 g/mol. The molecule has 6 heteroatoms. The summed E-state index contributed by atoms with van der Waals surface area (Å²) in [5, 5.41) is 0. The van der Waals surface area contributed by atoms with Crippen molar-refractivity contribution in [3.05, 3.63) is 36.3 Å². The van der Waals surface area contributed by atoms with Crippen LogP contribution in [0.5, 0.6) is 0 Å². The normalized spacial score (nSPS) is 17.9. The number of hydrogen-bond acceptors (Lipinski definition) is 4. The smallest absolute Gasteiger partial charge is 0.410 e. The van der Waals surface area contributed by atoms with Crippen LogP contribution >= 0.6 is 0 Å². The molecule has 0 saturated carbocycles. The van der Waals surface area contributed by atoms with Gasteiger partial charge in [0.25, 0.3) is 0 Å². The number of aromatic nitrogens is 2. The maximum absolute atomic E-state index is 12.2. The Morgan fingerprint density at radius 2 is 1.92 bits per heavy atom. The maximum Gasteiger partial charge on any atom is 0.410 e. The fraction of sp³-hybridized carbons (Fsp3) is 0.556. The molecular formula is C18H26N4O2. The first-order valence-corrected chi connectivity index (χ1v) is 8.48. The molecule has 0 aromatic carbocycles. The highest BCUT2D eigenvalue weighted by Gasteiger charge is 2.28. The van der Waals surface area contributed by atoms with Crippen molar-refractivity contribution >= 4 is 11.7 Å². The molecule has 1 fully saturated rings. The second kappa shape index (κ2) is 6.43. The van der Waals surface area contributed by atoms with Gasteiger partial charge >= 0.3 is 6.09 Å². The van der Waals surface area contributed by atoms with E-state index < -0.39 is 5.60 Å². The van der Waals surface area contributed by atoms with E-state index in [2.05, 4.69) is 28.9 Å². The first-order chi connectivity index (χ1) is 11.3. The number of pyridine rings is 1. The van der Waals surface area contributed by atoms with E-state index in [1.807, 2.05) is 43.8 Å². The summed E-state index contributed by atoms with van der Waals surface area (Å²) in [5.74, 6) is 0. The Hall–Kier alpha value is -2.08. The van der Waals surface area contributed by atoms with Gasteiger partial charge in [-0.25, -0.2) is 9.78 Å². The Kier molecular flexibility index (Phi) is 4.49. The Labute approximate surface area is 143 Å². The monoisotopic (exact) mass is 330 g/mol. The number of imidazole rings is 1. The summed E-state index contributed by atoms with van der Waals surface area (Å²) in [6.45, 7) is 11.0. The SMILES string of the molecule is CC(c1ccn2ccnc2c1)N1CCN(C(=O)OC(C)(C)C)CC1. The van der Waals surface area contributed by atoms with Crippen molar-refractivity contribution in [3.63, 3.8) is 0 Å². The highest BCUT2D eigenvalue weighted by Crippen LogP contribution is 2.23. The molecule has 1 atom stereocenters. The fourth-order valence-electron chi connectivity index (χ4n) is 3.01. The standard InChI is InChI=1S/C18H26N4O2/c1-14(15-5-7-21-8-6-19-16(21)13-15)20-9-11-22(12-10-20)17(23)24-18(2,3)4/h5-8,13-14H,9-12H2,1-4H3. The predicted molar refractivity (Wildman–Crippen MR) is 93.0 cm³/mol. The van der Waals surface area contributed by atoms with Crippen molar-refractivity contribution < 1.29 is 9.53 Å². The molecular weight excluding hydrogens is 304 g/mol. The minimum atomic E-state index is -0.443. The quantitative estimate of drug-likeness (QED) is 0.849. The molecule has 1 unspecified atom stereocenters. The molecule has 3 heterocycles. The van der Waals surface area contributed by atoms with Gasteiger partial charge < -0.3 is 14.0 Å². The Balaban J connectivity index is 1.60. The lowest BCUT2D eigenvalue weighted by Gasteiger charge is -2.38. The third kappa shape index (κ3) is 3.70. The van der Waals surface area contributed by atoms with Gasteiger partial charge in [-0.05, 0) is 45.4 Å². The minimum absolute atomic E-state index is 0.214. The molecule has 1 aliphatic rings. The molecule has 6 nitrogen and oxygen atoms in total. The van der Waals surface area contributed by atoms with Gasteiger partial charge in [0.05, 0.1) is 0 Å². The van der Waals surface area contributed by atoms with Crippen LogP contribution in [-0.4, -0.2) is 57.1 Å². The number of fused-ring (bicyclic) bond motifs is 1. The number of nitrogens with zero attached hydrogens (tertiary/aromatic N) is 4. The summed E-state index contributed by atoms with van der Waals surface area (Å²) in [5.41, 5.74) is 1.77. The number of piperazine rings is 1. The van der Waals surface area contributed by atoms with Crippen molar-refractivity contribution in [3.8, 4) is 0 Å². The molecule has 0 radical (unpaired) electrons. The van der Waals surface area contributed by atoms with Crippen LogP contribution in [0.4, 0.5) is 4.79 Å². The molecule has 3 rings (SSSR count). The summed E-state index contributed by atoms with van der Waals surface area (Å²) in [6, 6.07) is 4.57. The van der Waals surface area contributed by atoms with Crippen molar-refractivity contribution in [2.75, 3.05) is 26.2 Å². The van der Waals surface area contributed by atoms with Crippen LogP contribution in [0, 0.1) is 0 Å². The summed E-state index contributed by atoms with van der Waals surface area (Å²) in [7, 11) is 0. The van der Waals surface area contributed by atoms with E-state index in [0.717, 1.165) is 18.7 Å². The molecule has 24 heavy (non-hydrogen) atoms. The molecule has 2 aromatic heterocycles. The molecule has 130 valence electrons. The number of hydrogen-bond donors (Lipinski definition) is 0. The van der Waals surface area contributed by atoms with E-state index in [0.29, 0.717) is 19.1 Å². The van der Waals surface area contributed by atoms with E-state index in [1.165, 1.54) is 5.56 Å².